The van der Waals surface area contributed by atoms with Crippen molar-refractivity contribution < 1.29 is 43.2 Å². The van der Waals surface area contributed by atoms with Gasteiger partial charge in [-0.25, -0.2) is 0 Å². The lowest BCUT2D eigenvalue weighted by molar-refractivity contribution is -0.323. The van der Waals surface area contributed by atoms with Crippen molar-refractivity contribution in [3.8, 4) is 0 Å². The number of benzene rings is 2. The van der Waals surface area contributed by atoms with Gasteiger partial charge < -0.3 is 39.6 Å². The van der Waals surface area contributed by atoms with Crippen LogP contribution in [0.4, 0.5) is 0 Å². The van der Waals surface area contributed by atoms with E-state index < -0.39 is 46.7 Å². The van der Waals surface area contributed by atoms with Crippen LogP contribution in [0.1, 0.15) is 102 Å². The highest BCUT2D eigenvalue weighted by Gasteiger charge is 2.69. The number of aryl methyl sites for hydroxylation is 2. The Hall–Kier alpha value is -3.84. The smallest absolute Gasteiger partial charge is 0.303 e. The van der Waals surface area contributed by atoms with Gasteiger partial charge in [0.25, 0.3) is 0 Å². The Morgan fingerprint density at radius 3 is 2.21 bits per heavy atom. The van der Waals surface area contributed by atoms with E-state index in [0.29, 0.717) is 37.8 Å². The largest absolute Gasteiger partial charge is 0.458 e. The normalized spacial score (nSPS) is 22.7. The monoisotopic (exact) mass is 737 g/mol. The molecule has 0 saturated carbocycles. The topological polar surface area (TPSA) is 153 Å². The van der Waals surface area contributed by atoms with Gasteiger partial charge >= 0.3 is 11.9 Å². The number of amides is 2. The van der Waals surface area contributed by atoms with Crippen molar-refractivity contribution in [1.29, 1.82) is 0 Å². The van der Waals surface area contributed by atoms with Gasteiger partial charge in [0.2, 0.25) is 17.6 Å². The zero-order chi connectivity index (χ0) is 39.2. The third kappa shape index (κ3) is 10.0. The van der Waals surface area contributed by atoms with E-state index in [1.165, 1.54) is 13.8 Å². The zero-order valence-corrected chi connectivity index (χ0v) is 32.9. The molecule has 4 rings (SSSR count). The van der Waals surface area contributed by atoms with Crippen LogP contribution < -0.4 is 10.6 Å². The van der Waals surface area contributed by atoms with Gasteiger partial charge in [-0.2, -0.15) is 0 Å². The molecule has 0 unspecified atom stereocenters. The average Bonchev–Trinajstić information content (AvgIpc) is 3.42. The highest BCUT2D eigenvalue weighted by Crippen LogP contribution is 2.55. The lowest BCUT2D eigenvalue weighted by atomic mass is 9.77. The molecule has 2 saturated heterocycles. The van der Waals surface area contributed by atoms with Gasteiger partial charge in [0.15, 0.2) is 6.10 Å². The van der Waals surface area contributed by atoms with Crippen LogP contribution in [0.2, 0.25) is 0 Å². The molecule has 292 valence electrons. The summed E-state index contributed by atoms with van der Waals surface area (Å²) < 4.78 is 24.5. The molecule has 53 heavy (non-hydrogen) atoms. The molecule has 4 atom stereocenters. The van der Waals surface area contributed by atoms with E-state index in [0.717, 1.165) is 41.9 Å². The predicted molar refractivity (Wildman–Crippen MR) is 200 cm³/mol. The Morgan fingerprint density at radius 1 is 0.962 bits per heavy atom. The Labute approximate surface area is 314 Å². The molecule has 12 heteroatoms. The maximum absolute atomic E-state index is 12.7. The summed E-state index contributed by atoms with van der Waals surface area (Å²) in [5.41, 5.74) is 1.17. The average molecular weight is 738 g/mol. The third-order valence-corrected chi connectivity index (χ3v) is 10.5. The highest BCUT2D eigenvalue weighted by molar-refractivity contribution is 5.90. The van der Waals surface area contributed by atoms with Gasteiger partial charge in [-0.05, 0) is 95.3 Å². The molecule has 2 heterocycles. The number of nitrogens with zero attached hydrogens (tertiary/aromatic N) is 1. The molecular weight excluding hydrogens is 678 g/mol. The number of nitrogens with one attached hydrogen (secondary N) is 2. The fraction of sp³-hybridized carbons (Fsp3) is 0.610. The molecule has 2 amide bonds. The van der Waals surface area contributed by atoms with Crippen LogP contribution in [0.15, 0.2) is 42.5 Å². The second kappa shape index (κ2) is 17.1. The quantitative estimate of drug-likeness (QED) is 0.201. The number of aliphatic hydroxyl groups is 1. The van der Waals surface area contributed by atoms with Crippen LogP contribution >= 0.6 is 0 Å². The fourth-order valence-corrected chi connectivity index (χ4v) is 7.13. The summed E-state index contributed by atoms with van der Waals surface area (Å²) in [4.78, 5) is 52.2. The van der Waals surface area contributed by atoms with E-state index in [2.05, 4.69) is 53.6 Å². The number of carbonyl (C=O) groups is 4. The van der Waals surface area contributed by atoms with Gasteiger partial charge in [-0.15, -0.1) is 0 Å². The first-order valence-electron chi connectivity index (χ1n) is 18.7. The first-order valence-corrected chi connectivity index (χ1v) is 18.7. The van der Waals surface area contributed by atoms with Gasteiger partial charge in [0.1, 0.15) is 17.2 Å². The summed E-state index contributed by atoms with van der Waals surface area (Å²) in [6.07, 6.45) is 0.297. The summed E-state index contributed by atoms with van der Waals surface area (Å²) in [6.45, 7) is 18.6. The van der Waals surface area contributed by atoms with Crippen molar-refractivity contribution in [2.75, 3.05) is 32.8 Å². The van der Waals surface area contributed by atoms with Crippen LogP contribution in [0.3, 0.4) is 0 Å². The first kappa shape index (κ1) is 41.9. The van der Waals surface area contributed by atoms with Crippen LogP contribution in [0.5, 0.6) is 0 Å². The second-order valence-electron chi connectivity index (χ2n) is 15.4. The number of hydrogen-bond donors (Lipinski definition) is 3. The number of fused-ring (bicyclic) bond motifs is 2. The van der Waals surface area contributed by atoms with Crippen molar-refractivity contribution in [3.63, 3.8) is 0 Å². The van der Waals surface area contributed by atoms with Gasteiger partial charge in [0.05, 0.1) is 12.2 Å². The Morgan fingerprint density at radius 2 is 1.60 bits per heavy atom. The summed E-state index contributed by atoms with van der Waals surface area (Å²) in [5.74, 6) is -3.11. The number of likely N-dealkylation sites (N-methyl/N-ethyl adjacent to an activating group) is 1. The zero-order valence-electron chi connectivity index (χ0n) is 32.9. The third-order valence-electron chi connectivity index (χ3n) is 10.5. The summed E-state index contributed by atoms with van der Waals surface area (Å²) in [6, 6.07) is 14.0. The van der Waals surface area contributed by atoms with E-state index >= 15 is 0 Å². The minimum atomic E-state index is -1.62. The van der Waals surface area contributed by atoms with Crippen molar-refractivity contribution in [3.05, 3.63) is 70.3 Å². The Balaban J connectivity index is 1.41. The van der Waals surface area contributed by atoms with Gasteiger partial charge in [0, 0.05) is 45.3 Å². The van der Waals surface area contributed by atoms with E-state index in [1.54, 1.807) is 27.7 Å². The van der Waals surface area contributed by atoms with E-state index in [-0.39, 0.29) is 24.8 Å². The summed E-state index contributed by atoms with van der Waals surface area (Å²) in [7, 11) is 0. The molecule has 2 aliphatic heterocycles. The van der Waals surface area contributed by atoms with Crippen molar-refractivity contribution in [2.45, 2.75) is 129 Å². The molecule has 3 N–H and O–H groups in total. The molecule has 2 bridgehead atoms. The van der Waals surface area contributed by atoms with Crippen LogP contribution in [-0.4, -0.2) is 95.5 Å². The lowest BCUT2D eigenvalue weighted by Gasteiger charge is -2.49. The highest BCUT2D eigenvalue weighted by atomic mass is 16.8. The van der Waals surface area contributed by atoms with E-state index in [1.807, 2.05) is 25.1 Å². The second-order valence-corrected chi connectivity index (χ2v) is 15.4. The number of esters is 2. The molecular formula is C41H59N3O9. The van der Waals surface area contributed by atoms with E-state index in [4.69, 9.17) is 18.9 Å². The minimum Gasteiger partial charge on any atom is -0.458 e. The Kier molecular flexibility index (Phi) is 13.5. The maximum Gasteiger partial charge on any atom is 0.303 e. The fourth-order valence-electron chi connectivity index (χ4n) is 7.13. The molecule has 2 aromatic rings. The molecule has 0 spiro atoms. The SMILES string of the molecule is CCN(CC)CCNC(=O)C(C)(C)NC(=O)CCCc1ccc(Cc2cc([C@@]34OC[C@@](C(C)(C)O)(C[C@H](OC(C)=O)[C@H]3OC(C)=O)O4)ccc2C)cc1. The van der Waals surface area contributed by atoms with Crippen LogP contribution in [0.25, 0.3) is 0 Å². The number of rotatable bonds is 17. The molecule has 2 fully saturated rings. The van der Waals surface area contributed by atoms with E-state index in [9.17, 15) is 24.3 Å². The van der Waals surface area contributed by atoms with Crippen molar-refractivity contribution >= 4 is 23.8 Å². The first-order chi connectivity index (χ1) is 24.8. The molecule has 0 aliphatic carbocycles. The predicted octanol–water partition coefficient (Wildman–Crippen LogP) is 4.24. The standard InChI is InChI=1S/C41H59N3O9/c1-10-44(11-2)22-21-42-37(48)38(6,7)43-35(47)14-12-13-30-16-18-31(19-17-30)23-32-24-33(20-15-27(32)3)41-36(52-29(5)46)34(51-28(4)45)25-40(53-41,26-50-41)39(8,9)49/h15-20,24,34,36,49H,10-14,21-23,25-26H2,1-9H3,(H,42,48)(H,43,47)/t34-,36+,40+,41-/m0/s1. The minimum absolute atomic E-state index is 0.00264. The summed E-state index contributed by atoms with van der Waals surface area (Å²) >= 11 is 0. The lowest BCUT2D eigenvalue weighted by Crippen LogP contribution is -2.64. The van der Waals surface area contributed by atoms with Gasteiger partial charge in [-0.1, -0.05) is 50.2 Å². The van der Waals surface area contributed by atoms with Crippen LogP contribution in [0, 0.1) is 6.92 Å². The van der Waals surface area contributed by atoms with Crippen LogP contribution in [-0.2, 0) is 56.8 Å². The molecule has 0 aromatic heterocycles. The Bertz CT molecular complexity index is 1620. The molecule has 12 nitrogen and oxygen atoms in total. The number of carbonyl (C=O) groups excluding carboxylic acids is 4. The van der Waals surface area contributed by atoms with Crippen molar-refractivity contribution in [1.82, 2.24) is 15.5 Å². The number of hydrogen-bond acceptors (Lipinski definition) is 10. The molecule has 2 aromatic carbocycles. The molecule has 2 aliphatic rings. The maximum atomic E-state index is 12.7. The summed E-state index contributed by atoms with van der Waals surface area (Å²) in [5, 5.41) is 17.0. The molecule has 0 radical (unpaired) electrons. The van der Waals surface area contributed by atoms with Gasteiger partial charge in [-0.3, -0.25) is 19.2 Å². The number of ether oxygens (including phenoxy) is 4. The van der Waals surface area contributed by atoms with Crippen molar-refractivity contribution in [2.24, 2.45) is 0 Å².